The van der Waals surface area contributed by atoms with Gasteiger partial charge in [0.25, 0.3) is 5.91 Å². The first-order valence-electron chi connectivity index (χ1n) is 12.1. The van der Waals surface area contributed by atoms with Gasteiger partial charge in [-0.25, -0.2) is 4.39 Å². The van der Waals surface area contributed by atoms with Crippen molar-refractivity contribution in [3.63, 3.8) is 0 Å². The van der Waals surface area contributed by atoms with Crippen LogP contribution in [0, 0.1) is 17.7 Å². The highest BCUT2D eigenvalue weighted by Gasteiger charge is 2.64. The zero-order valence-corrected chi connectivity index (χ0v) is 20.9. The number of likely N-dealkylation sites (N-methyl/N-ethyl adjacent to an activating group) is 1. The molecule has 2 aromatic rings. The first-order valence-corrected chi connectivity index (χ1v) is 12.1. The van der Waals surface area contributed by atoms with Crippen LogP contribution in [0.15, 0.2) is 53.3 Å². The number of rotatable bonds is 3. The van der Waals surface area contributed by atoms with Crippen molar-refractivity contribution in [3.8, 4) is 16.9 Å². The summed E-state index contributed by atoms with van der Waals surface area (Å²) in [4.78, 5) is 40.7. The van der Waals surface area contributed by atoms with E-state index >= 15 is 0 Å². The summed E-state index contributed by atoms with van der Waals surface area (Å²) >= 11 is 0. The second-order valence-corrected chi connectivity index (χ2v) is 10.4. The van der Waals surface area contributed by atoms with Crippen LogP contribution < -0.4 is 5.73 Å². The molecule has 0 aromatic heterocycles. The largest absolute Gasteiger partial charge is 0.508 e. The predicted octanol–water partition coefficient (Wildman–Crippen LogP) is 2.33. The summed E-state index contributed by atoms with van der Waals surface area (Å²) in [6.45, 7) is 1.80. The number of primary amides is 1. The molecule has 0 heterocycles. The molecule has 1 fully saturated rings. The fourth-order valence-electron chi connectivity index (χ4n) is 6.40. The summed E-state index contributed by atoms with van der Waals surface area (Å²) in [7, 11) is 3.10. The third kappa shape index (κ3) is 3.26. The Hall–Kier alpha value is -4.02. The normalized spacial score (nSPS) is 28.8. The number of aromatic hydroxyl groups is 1. The van der Waals surface area contributed by atoms with Crippen molar-refractivity contribution in [2.75, 3.05) is 14.1 Å². The lowest BCUT2D eigenvalue weighted by Gasteiger charge is -2.51. The fourth-order valence-corrected chi connectivity index (χ4v) is 6.40. The number of amides is 1. The van der Waals surface area contributed by atoms with E-state index in [2.05, 4.69) is 0 Å². The number of aliphatic hydroxyl groups is 3. The number of phenols is 1. The smallest absolute Gasteiger partial charge is 0.255 e. The van der Waals surface area contributed by atoms with Gasteiger partial charge in [0.2, 0.25) is 5.78 Å². The van der Waals surface area contributed by atoms with Crippen molar-refractivity contribution in [1.82, 2.24) is 4.90 Å². The number of aliphatic hydroxyl groups excluding tert-OH is 2. The Labute approximate surface area is 217 Å². The molecule has 5 rings (SSSR count). The van der Waals surface area contributed by atoms with Gasteiger partial charge in [0.15, 0.2) is 11.4 Å². The number of nitrogens with zero attached hydrogens (tertiary/aromatic N) is 1. The van der Waals surface area contributed by atoms with Crippen LogP contribution in [0.3, 0.4) is 0 Å². The highest BCUT2D eigenvalue weighted by molar-refractivity contribution is 6.24. The molecular weight excluding hydrogens is 495 g/mol. The number of Topliss-reactive ketones (excluding diaryl/α,β-unsaturated/α-hetero) is 2. The van der Waals surface area contributed by atoms with Gasteiger partial charge in [-0.05, 0) is 55.6 Å². The first kappa shape index (κ1) is 25.6. The molecule has 0 radical (unpaired) electrons. The van der Waals surface area contributed by atoms with E-state index in [0.29, 0.717) is 11.1 Å². The maximum absolute atomic E-state index is 14.0. The number of phenolic OH excluding ortho intramolecular Hbond substituents is 1. The second-order valence-electron chi connectivity index (χ2n) is 10.4. The molecule has 1 amide bonds. The minimum absolute atomic E-state index is 0.00735. The molecule has 198 valence electrons. The van der Waals surface area contributed by atoms with Crippen LogP contribution in [0.2, 0.25) is 0 Å². The molecule has 9 nitrogen and oxygen atoms in total. The average molecular weight is 523 g/mol. The van der Waals surface area contributed by atoms with Gasteiger partial charge in [0.05, 0.1) is 11.6 Å². The van der Waals surface area contributed by atoms with Crippen molar-refractivity contribution in [1.29, 1.82) is 0 Å². The molecular formula is C28H27FN2O7. The van der Waals surface area contributed by atoms with Gasteiger partial charge in [-0.3, -0.25) is 19.3 Å². The van der Waals surface area contributed by atoms with Crippen LogP contribution in [0.4, 0.5) is 4.39 Å². The summed E-state index contributed by atoms with van der Waals surface area (Å²) < 4.78 is 13.5. The number of ketones is 2. The Morgan fingerprint density at radius 2 is 1.71 bits per heavy atom. The number of fused-ring (bicyclic) bond motifs is 3. The predicted molar refractivity (Wildman–Crippen MR) is 134 cm³/mol. The van der Waals surface area contributed by atoms with Gasteiger partial charge in [0, 0.05) is 17.1 Å². The number of carbonyl (C=O) groups is 3. The summed E-state index contributed by atoms with van der Waals surface area (Å²) in [6, 6.07) is 7.57. The van der Waals surface area contributed by atoms with Crippen LogP contribution in [0.5, 0.6) is 5.75 Å². The van der Waals surface area contributed by atoms with Crippen molar-refractivity contribution >= 4 is 23.2 Å². The molecule has 6 N–H and O–H groups in total. The minimum Gasteiger partial charge on any atom is -0.508 e. The lowest BCUT2D eigenvalue weighted by Crippen LogP contribution is -2.65. The van der Waals surface area contributed by atoms with Gasteiger partial charge in [-0.2, -0.15) is 0 Å². The van der Waals surface area contributed by atoms with Gasteiger partial charge >= 0.3 is 0 Å². The summed E-state index contributed by atoms with van der Waals surface area (Å²) in [5.41, 5.74) is 2.84. The molecule has 1 saturated carbocycles. The SMILES string of the molecule is C[C@H]1c2ccc(-c3ccc(F)cc3)c(O)c2C(O)=C2C(=O)[C@]3(O)C(O)=C(C(N)=O)C(=O)[C@@H](N(C)C)[C@@H]3C[C@@H]21. The number of halogens is 1. The van der Waals surface area contributed by atoms with Crippen molar-refractivity contribution < 1.29 is 39.2 Å². The number of hydrogen-bond acceptors (Lipinski definition) is 8. The Kier molecular flexibility index (Phi) is 5.73. The van der Waals surface area contributed by atoms with E-state index in [4.69, 9.17) is 5.73 Å². The molecule has 5 atom stereocenters. The number of benzene rings is 2. The minimum atomic E-state index is -2.70. The van der Waals surface area contributed by atoms with Gasteiger partial charge < -0.3 is 26.2 Å². The molecule has 38 heavy (non-hydrogen) atoms. The molecule has 3 aliphatic carbocycles. The zero-order valence-electron chi connectivity index (χ0n) is 20.9. The lowest BCUT2D eigenvalue weighted by atomic mass is 9.55. The molecule has 0 saturated heterocycles. The van der Waals surface area contributed by atoms with Crippen LogP contribution in [0.25, 0.3) is 16.9 Å². The van der Waals surface area contributed by atoms with Crippen molar-refractivity contribution in [3.05, 3.63) is 70.2 Å². The van der Waals surface area contributed by atoms with Crippen molar-refractivity contribution in [2.24, 2.45) is 17.6 Å². The summed E-state index contributed by atoms with van der Waals surface area (Å²) in [5, 5.41) is 45.2. The monoisotopic (exact) mass is 522 g/mol. The van der Waals surface area contributed by atoms with Crippen LogP contribution in [-0.2, 0) is 14.4 Å². The third-order valence-electron chi connectivity index (χ3n) is 8.25. The van der Waals surface area contributed by atoms with Gasteiger partial charge in [-0.1, -0.05) is 31.2 Å². The lowest BCUT2D eigenvalue weighted by molar-refractivity contribution is -0.154. The van der Waals surface area contributed by atoms with E-state index in [1.807, 2.05) is 0 Å². The average Bonchev–Trinajstić information content (AvgIpc) is 2.84. The molecule has 2 aromatic carbocycles. The maximum atomic E-state index is 14.0. The quantitative estimate of drug-likeness (QED) is 0.384. The van der Waals surface area contributed by atoms with Gasteiger partial charge in [-0.15, -0.1) is 0 Å². The van der Waals surface area contributed by atoms with E-state index in [1.54, 1.807) is 33.2 Å². The number of nitrogens with two attached hydrogens (primary N) is 1. The number of hydrogen-bond donors (Lipinski definition) is 5. The van der Waals surface area contributed by atoms with E-state index in [1.165, 1.54) is 29.2 Å². The molecule has 3 aliphatic rings. The Morgan fingerprint density at radius 1 is 1.08 bits per heavy atom. The second kappa shape index (κ2) is 8.50. The summed E-state index contributed by atoms with van der Waals surface area (Å²) in [5.74, 6) is -7.93. The van der Waals surface area contributed by atoms with E-state index < -0.39 is 69.8 Å². The van der Waals surface area contributed by atoms with E-state index in [-0.39, 0.29) is 28.9 Å². The van der Waals surface area contributed by atoms with Gasteiger partial charge in [0.1, 0.15) is 28.7 Å². The Morgan fingerprint density at radius 3 is 2.29 bits per heavy atom. The fraction of sp³-hybridized carbons (Fsp3) is 0.321. The molecule has 0 bridgehead atoms. The Balaban J connectivity index is 1.74. The first-order chi connectivity index (χ1) is 17.8. The van der Waals surface area contributed by atoms with Crippen LogP contribution >= 0.6 is 0 Å². The zero-order chi connectivity index (χ0) is 27.8. The topological polar surface area (TPSA) is 161 Å². The molecule has 0 spiro atoms. The maximum Gasteiger partial charge on any atom is 0.255 e. The molecule has 10 heteroatoms. The van der Waals surface area contributed by atoms with E-state index in [9.17, 15) is 39.2 Å². The third-order valence-corrected chi connectivity index (χ3v) is 8.25. The number of carbonyl (C=O) groups excluding carboxylic acids is 3. The van der Waals surface area contributed by atoms with Crippen molar-refractivity contribution in [2.45, 2.75) is 30.9 Å². The molecule has 0 unspecified atom stereocenters. The standard InChI is InChI=1S/C28H27FN2O7/c1-11-14-8-9-15(12-4-6-13(29)7-5-12)22(32)18(14)23(33)19-16(11)10-17-21(31(2)3)24(34)20(27(30)37)26(36)28(17,38)25(19)35/h4-9,11,16-17,21,32-33,36,38H,10H2,1-3H3,(H2,30,37)/t11-,16+,17-,21-,28-/m0/s1. The van der Waals surface area contributed by atoms with Crippen LogP contribution in [-0.4, -0.2) is 68.5 Å². The summed E-state index contributed by atoms with van der Waals surface area (Å²) in [6.07, 6.45) is 0.00735. The van der Waals surface area contributed by atoms with Crippen LogP contribution in [0.1, 0.15) is 30.4 Å². The highest BCUT2D eigenvalue weighted by atomic mass is 19.1. The Bertz CT molecular complexity index is 1480. The molecule has 0 aliphatic heterocycles. The van der Waals surface area contributed by atoms with E-state index in [0.717, 1.165) is 0 Å². The highest BCUT2D eigenvalue weighted by Crippen LogP contribution is 2.56.